The fourth-order valence-corrected chi connectivity index (χ4v) is 4.33. The van der Waals surface area contributed by atoms with E-state index in [4.69, 9.17) is 4.98 Å². The first-order valence-corrected chi connectivity index (χ1v) is 11.8. The van der Waals surface area contributed by atoms with Crippen LogP contribution in [0.3, 0.4) is 0 Å². The Morgan fingerprint density at radius 2 is 1.83 bits per heavy atom. The molecular formula is C25H27N9O2. The second-order valence-electron chi connectivity index (χ2n) is 9.25. The van der Waals surface area contributed by atoms with E-state index in [2.05, 4.69) is 26.2 Å². The minimum Gasteiger partial charge on any atom is -0.383 e. The molecule has 36 heavy (non-hydrogen) atoms. The number of piperazine rings is 1. The number of hydrogen-bond donors (Lipinski definition) is 1. The molecule has 0 saturated carbocycles. The van der Waals surface area contributed by atoms with Gasteiger partial charge >= 0.3 is 0 Å². The molecule has 11 nitrogen and oxygen atoms in total. The molecule has 5 heterocycles. The summed E-state index contributed by atoms with van der Waals surface area (Å²) in [6.45, 7) is 5.99. The van der Waals surface area contributed by atoms with Crippen molar-refractivity contribution in [1.82, 2.24) is 34.3 Å². The van der Waals surface area contributed by atoms with Gasteiger partial charge in [-0.05, 0) is 18.1 Å². The lowest BCUT2D eigenvalue weighted by atomic mass is 10.1. The minimum absolute atomic E-state index is 0.112. The zero-order valence-electron chi connectivity index (χ0n) is 20.4. The Morgan fingerprint density at radius 3 is 2.44 bits per heavy atom. The second kappa shape index (κ2) is 9.39. The Bertz CT molecular complexity index is 1440. The van der Waals surface area contributed by atoms with E-state index in [9.17, 15) is 15.2 Å². The topological polar surface area (TPSA) is 128 Å². The third-order valence-corrected chi connectivity index (χ3v) is 6.44. The summed E-state index contributed by atoms with van der Waals surface area (Å²) in [6.07, 6.45) is 7.71. The average Bonchev–Trinajstić information content (AvgIpc) is 3.53. The Labute approximate surface area is 208 Å². The molecule has 0 bridgehead atoms. The summed E-state index contributed by atoms with van der Waals surface area (Å²) in [6, 6.07) is 6.06. The van der Waals surface area contributed by atoms with Crippen molar-refractivity contribution < 1.29 is 9.90 Å². The number of aromatic nitrogens is 6. The predicted octanol–water partition coefficient (Wildman–Crippen LogP) is 1.73. The first kappa shape index (κ1) is 23.4. The highest BCUT2D eigenvalue weighted by atomic mass is 16.3. The van der Waals surface area contributed by atoms with E-state index in [1.54, 1.807) is 32.7 Å². The number of pyridine rings is 1. The van der Waals surface area contributed by atoms with Crippen molar-refractivity contribution >= 4 is 17.2 Å². The van der Waals surface area contributed by atoms with Crippen LogP contribution in [0.5, 0.6) is 0 Å². The normalized spacial score (nSPS) is 14.9. The van der Waals surface area contributed by atoms with Gasteiger partial charge in [-0.25, -0.2) is 14.5 Å². The SMILES string of the molecule is CC(C)[C@@H](O)C(=O)N1CCN(c2ccc(-c3nc(-c4cnn(C)c4)cn4ncc(C#N)c34)cn2)CC1. The summed E-state index contributed by atoms with van der Waals surface area (Å²) in [4.78, 5) is 25.8. The van der Waals surface area contributed by atoms with Gasteiger partial charge in [0.05, 0.1) is 30.0 Å². The minimum atomic E-state index is -0.970. The first-order chi connectivity index (χ1) is 17.4. The van der Waals surface area contributed by atoms with Crippen LogP contribution in [0.15, 0.2) is 43.1 Å². The molecule has 4 aromatic rings. The maximum atomic E-state index is 12.5. The van der Waals surface area contributed by atoms with E-state index >= 15 is 0 Å². The van der Waals surface area contributed by atoms with Crippen LogP contribution in [-0.2, 0) is 11.8 Å². The van der Waals surface area contributed by atoms with Crippen molar-refractivity contribution in [3.8, 4) is 28.6 Å². The Kier molecular flexibility index (Phi) is 6.12. The molecule has 0 spiro atoms. The van der Waals surface area contributed by atoms with Crippen LogP contribution < -0.4 is 4.90 Å². The third kappa shape index (κ3) is 4.27. The lowest BCUT2D eigenvalue weighted by Crippen LogP contribution is -2.52. The van der Waals surface area contributed by atoms with Crippen LogP contribution in [-0.4, -0.2) is 77.6 Å². The smallest absolute Gasteiger partial charge is 0.251 e. The number of nitriles is 1. The summed E-state index contributed by atoms with van der Waals surface area (Å²) < 4.78 is 3.37. The van der Waals surface area contributed by atoms with Gasteiger partial charge in [0, 0.05) is 56.7 Å². The van der Waals surface area contributed by atoms with Crippen molar-refractivity contribution in [2.75, 3.05) is 31.1 Å². The molecule has 0 aliphatic carbocycles. The summed E-state index contributed by atoms with van der Waals surface area (Å²) in [5.41, 5.74) is 3.96. The monoisotopic (exact) mass is 485 g/mol. The van der Waals surface area contributed by atoms with E-state index in [1.165, 1.54) is 6.20 Å². The first-order valence-electron chi connectivity index (χ1n) is 11.8. The number of rotatable bonds is 5. The number of hydrogen-bond acceptors (Lipinski definition) is 8. The van der Waals surface area contributed by atoms with Crippen molar-refractivity contribution in [1.29, 1.82) is 5.26 Å². The predicted molar refractivity (Wildman–Crippen MR) is 133 cm³/mol. The highest BCUT2D eigenvalue weighted by molar-refractivity contribution is 5.83. The van der Waals surface area contributed by atoms with Crippen LogP contribution >= 0.6 is 0 Å². The summed E-state index contributed by atoms with van der Waals surface area (Å²) in [5.74, 6) is 0.466. The van der Waals surface area contributed by atoms with Gasteiger partial charge in [0.1, 0.15) is 29.1 Å². The van der Waals surface area contributed by atoms with Crippen molar-refractivity contribution in [2.45, 2.75) is 20.0 Å². The fourth-order valence-electron chi connectivity index (χ4n) is 4.33. The molecule has 0 unspecified atom stereocenters. The molecule has 1 aliphatic rings. The number of aliphatic hydroxyl groups excluding tert-OH is 1. The van der Waals surface area contributed by atoms with Gasteiger partial charge in [0.25, 0.3) is 5.91 Å². The number of aliphatic hydroxyl groups is 1. The number of anilines is 1. The van der Waals surface area contributed by atoms with Gasteiger partial charge in [-0.1, -0.05) is 13.8 Å². The van der Waals surface area contributed by atoms with Gasteiger partial charge in [-0.3, -0.25) is 9.48 Å². The van der Waals surface area contributed by atoms with Gasteiger partial charge in [-0.15, -0.1) is 0 Å². The molecule has 1 fully saturated rings. The van der Waals surface area contributed by atoms with E-state index < -0.39 is 6.10 Å². The highest BCUT2D eigenvalue weighted by Gasteiger charge is 2.28. The van der Waals surface area contributed by atoms with Crippen LogP contribution in [0.25, 0.3) is 28.0 Å². The van der Waals surface area contributed by atoms with E-state index in [0.717, 1.165) is 16.9 Å². The number of aryl methyl sites for hydroxylation is 1. The van der Waals surface area contributed by atoms with Gasteiger partial charge < -0.3 is 14.9 Å². The Hall–Kier alpha value is -4.30. The molecule has 5 rings (SSSR count). The van der Waals surface area contributed by atoms with Crippen LogP contribution in [0.4, 0.5) is 5.82 Å². The third-order valence-electron chi connectivity index (χ3n) is 6.44. The lowest BCUT2D eigenvalue weighted by molar-refractivity contribution is -0.142. The standard InChI is InChI=1S/C25H27N9O2/c1-16(2)24(35)25(36)33-8-6-32(7-9-33)21-5-4-17(11-27-21)22-23-18(10-26)12-29-34(23)15-20(30-22)19-13-28-31(3)14-19/h4-5,11-16,24,35H,6-9H2,1-3H3/t24-/m1/s1. The van der Waals surface area contributed by atoms with Gasteiger partial charge in [-0.2, -0.15) is 15.5 Å². The Morgan fingerprint density at radius 1 is 1.06 bits per heavy atom. The van der Waals surface area contributed by atoms with Gasteiger partial charge in [0.2, 0.25) is 0 Å². The number of carbonyl (C=O) groups is 1. The average molecular weight is 486 g/mol. The molecule has 1 amide bonds. The van der Waals surface area contributed by atoms with E-state index in [1.807, 2.05) is 39.2 Å². The molecule has 1 N–H and O–H groups in total. The molecular weight excluding hydrogens is 458 g/mol. The molecule has 1 saturated heterocycles. The number of nitrogens with zero attached hydrogens (tertiary/aromatic N) is 9. The lowest BCUT2D eigenvalue weighted by Gasteiger charge is -2.36. The van der Waals surface area contributed by atoms with E-state index in [0.29, 0.717) is 48.6 Å². The summed E-state index contributed by atoms with van der Waals surface area (Å²) in [5, 5.41) is 28.3. The number of carbonyl (C=O) groups excluding carboxylic acids is 1. The molecule has 1 atom stereocenters. The molecule has 0 radical (unpaired) electrons. The van der Waals surface area contributed by atoms with Crippen LogP contribution in [0.1, 0.15) is 19.4 Å². The number of amides is 1. The fraction of sp³-hybridized carbons (Fsp3) is 0.360. The zero-order valence-corrected chi connectivity index (χ0v) is 20.4. The van der Waals surface area contributed by atoms with Crippen molar-refractivity contribution in [3.05, 3.63) is 48.7 Å². The summed E-state index contributed by atoms with van der Waals surface area (Å²) >= 11 is 0. The van der Waals surface area contributed by atoms with Crippen LogP contribution in [0.2, 0.25) is 0 Å². The summed E-state index contributed by atoms with van der Waals surface area (Å²) in [7, 11) is 1.84. The Balaban J connectivity index is 1.41. The molecule has 0 aromatic carbocycles. The maximum Gasteiger partial charge on any atom is 0.251 e. The zero-order chi connectivity index (χ0) is 25.4. The number of fused-ring (bicyclic) bond motifs is 1. The van der Waals surface area contributed by atoms with E-state index in [-0.39, 0.29) is 11.8 Å². The van der Waals surface area contributed by atoms with Crippen molar-refractivity contribution in [2.24, 2.45) is 13.0 Å². The van der Waals surface area contributed by atoms with Crippen molar-refractivity contribution in [3.63, 3.8) is 0 Å². The molecule has 11 heteroatoms. The van der Waals surface area contributed by atoms with Gasteiger partial charge in [0.15, 0.2) is 0 Å². The largest absolute Gasteiger partial charge is 0.383 e. The quantitative estimate of drug-likeness (QED) is 0.453. The van der Waals surface area contributed by atoms with Crippen LogP contribution in [0, 0.1) is 17.2 Å². The molecule has 1 aliphatic heterocycles. The second-order valence-corrected chi connectivity index (χ2v) is 9.25. The maximum absolute atomic E-state index is 12.5. The highest BCUT2D eigenvalue weighted by Crippen LogP contribution is 2.29. The molecule has 4 aromatic heterocycles. The molecule has 184 valence electrons.